The summed E-state index contributed by atoms with van der Waals surface area (Å²) in [6.45, 7) is 5.87. The number of anilines is 1. The summed E-state index contributed by atoms with van der Waals surface area (Å²) in [5.74, 6) is 0.0372. The van der Waals surface area contributed by atoms with Gasteiger partial charge in [-0.3, -0.25) is 4.79 Å². The quantitative estimate of drug-likeness (QED) is 0.885. The number of amides is 1. The average Bonchev–Trinajstić information content (AvgIpc) is 2.43. The van der Waals surface area contributed by atoms with E-state index in [1.165, 1.54) is 0 Å². The van der Waals surface area contributed by atoms with Gasteiger partial charge >= 0.3 is 0 Å². The smallest absolute Gasteiger partial charge is 0.239 e. The number of carbonyl (C=O) groups is 1. The minimum Gasteiger partial charge on any atom is -0.381 e. The standard InChI is InChI=1S/C15H21BrN2O2/c1-10-7-13(8-11(2)15(10)16)17-9-14(19)18-12-3-5-20-6-4-12/h7-8,12,17H,3-6,9H2,1-2H3,(H,18,19). The third-order valence-corrected chi connectivity index (χ3v) is 4.73. The van der Waals surface area contributed by atoms with Crippen LogP contribution < -0.4 is 10.6 Å². The zero-order valence-electron chi connectivity index (χ0n) is 12.0. The van der Waals surface area contributed by atoms with Crippen LogP contribution in [-0.4, -0.2) is 31.7 Å². The van der Waals surface area contributed by atoms with Gasteiger partial charge in [0, 0.05) is 29.4 Å². The number of halogens is 1. The highest BCUT2D eigenvalue weighted by molar-refractivity contribution is 9.10. The molecule has 1 saturated heterocycles. The van der Waals surface area contributed by atoms with Gasteiger partial charge in [0.15, 0.2) is 0 Å². The van der Waals surface area contributed by atoms with Crippen LogP contribution in [0.15, 0.2) is 16.6 Å². The van der Waals surface area contributed by atoms with Crippen molar-refractivity contribution in [3.05, 3.63) is 27.7 Å². The van der Waals surface area contributed by atoms with Gasteiger partial charge in [-0.2, -0.15) is 0 Å². The van der Waals surface area contributed by atoms with Crippen molar-refractivity contribution in [3.8, 4) is 0 Å². The number of benzene rings is 1. The monoisotopic (exact) mass is 340 g/mol. The molecule has 0 aliphatic carbocycles. The number of hydrogen-bond donors (Lipinski definition) is 2. The van der Waals surface area contributed by atoms with E-state index in [2.05, 4.69) is 26.6 Å². The molecule has 2 rings (SSSR count). The highest BCUT2D eigenvalue weighted by Crippen LogP contribution is 2.24. The van der Waals surface area contributed by atoms with Gasteiger partial charge in [0.25, 0.3) is 0 Å². The molecule has 1 aromatic carbocycles. The fourth-order valence-corrected chi connectivity index (χ4v) is 2.58. The normalized spacial score (nSPS) is 15.9. The van der Waals surface area contributed by atoms with Crippen LogP contribution in [0.2, 0.25) is 0 Å². The molecular weight excluding hydrogens is 320 g/mol. The van der Waals surface area contributed by atoms with Crippen molar-refractivity contribution in [2.24, 2.45) is 0 Å². The Morgan fingerprint density at radius 1 is 1.30 bits per heavy atom. The van der Waals surface area contributed by atoms with Crippen LogP contribution in [0.1, 0.15) is 24.0 Å². The molecule has 1 amide bonds. The lowest BCUT2D eigenvalue weighted by Gasteiger charge is -2.23. The summed E-state index contributed by atoms with van der Waals surface area (Å²) in [6.07, 6.45) is 1.81. The van der Waals surface area contributed by atoms with Crippen LogP contribution in [-0.2, 0) is 9.53 Å². The predicted molar refractivity (Wildman–Crippen MR) is 84.1 cm³/mol. The minimum absolute atomic E-state index is 0.0372. The summed E-state index contributed by atoms with van der Waals surface area (Å²) in [4.78, 5) is 11.9. The summed E-state index contributed by atoms with van der Waals surface area (Å²) >= 11 is 3.54. The zero-order valence-corrected chi connectivity index (χ0v) is 13.5. The summed E-state index contributed by atoms with van der Waals surface area (Å²) in [6, 6.07) is 4.34. The maximum absolute atomic E-state index is 11.9. The van der Waals surface area contributed by atoms with E-state index in [0.717, 1.165) is 47.3 Å². The van der Waals surface area contributed by atoms with Gasteiger partial charge in [-0.05, 0) is 49.9 Å². The fourth-order valence-electron chi connectivity index (χ4n) is 2.35. The number of carbonyl (C=O) groups excluding carboxylic acids is 1. The Kier molecular flexibility index (Phi) is 5.43. The summed E-state index contributed by atoms with van der Waals surface area (Å²) in [5, 5.41) is 6.22. The Labute approximate surface area is 128 Å². The van der Waals surface area contributed by atoms with E-state index in [1.807, 2.05) is 26.0 Å². The van der Waals surface area contributed by atoms with Gasteiger partial charge in [0.05, 0.1) is 6.54 Å². The van der Waals surface area contributed by atoms with Gasteiger partial charge in [-0.25, -0.2) is 0 Å². The van der Waals surface area contributed by atoms with Gasteiger partial charge in [0.2, 0.25) is 5.91 Å². The van der Waals surface area contributed by atoms with Gasteiger partial charge in [-0.1, -0.05) is 15.9 Å². The molecule has 110 valence electrons. The van der Waals surface area contributed by atoms with Crippen LogP contribution in [0.4, 0.5) is 5.69 Å². The number of ether oxygens (including phenoxy) is 1. The number of nitrogens with one attached hydrogen (secondary N) is 2. The van der Waals surface area contributed by atoms with Crippen LogP contribution in [0, 0.1) is 13.8 Å². The second-order valence-electron chi connectivity index (χ2n) is 5.23. The molecule has 5 heteroatoms. The first kappa shape index (κ1) is 15.3. The lowest BCUT2D eigenvalue weighted by atomic mass is 10.1. The van der Waals surface area contributed by atoms with Crippen molar-refractivity contribution in [3.63, 3.8) is 0 Å². The molecule has 0 bridgehead atoms. The number of hydrogen-bond acceptors (Lipinski definition) is 3. The van der Waals surface area contributed by atoms with Crippen molar-refractivity contribution in [2.75, 3.05) is 25.1 Å². The number of rotatable bonds is 4. The van der Waals surface area contributed by atoms with Crippen LogP contribution in [0.5, 0.6) is 0 Å². The topological polar surface area (TPSA) is 50.4 Å². The molecule has 1 aliphatic rings. The molecule has 0 atom stereocenters. The Balaban J connectivity index is 1.83. The highest BCUT2D eigenvalue weighted by Gasteiger charge is 2.15. The molecule has 1 heterocycles. The second kappa shape index (κ2) is 7.09. The molecule has 0 saturated carbocycles. The molecule has 20 heavy (non-hydrogen) atoms. The Morgan fingerprint density at radius 2 is 1.90 bits per heavy atom. The molecule has 0 spiro atoms. The van der Waals surface area contributed by atoms with Gasteiger partial charge in [0.1, 0.15) is 0 Å². The molecular formula is C15H21BrN2O2. The first-order valence-electron chi connectivity index (χ1n) is 6.94. The van der Waals surface area contributed by atoms with E-state index in [-0.39, 0.29) is 11.9 Å². The van der Waals surface area contributed by atoms with Crippen LogP contribution >= 0.6 is 15.9 Å². The molecule has 2 N–H and O–H groups in total. The minimum atomic E-state index is 0.0372. The Morgan fingerprint density at radius 3 is 2.50 bits per heavy atom. The van der Waals surface area contributed by atoms with E-state index in [9.17, 15) is 4.79 Å². The van der Waals surface area contributed by atoms with Crippen molar-refractivity contribution >= 4 is 27.5 Å². The first-order valence-corrected chi connectivity index (χ1v) is 7.73. The molecule has 1 fully saturated rings. The maximum Gasteiger partial charge on any atom is 0.239 e. The second-order valence-corrected chi connectivity index (χ2v) is 6.02. The van der Waals surface area contributed by atoms with E-state index in [1.54, 1.807) is 0 Å². The van der Waals surface area contributed by atoms with Crippen molar-refractivity contribution in [1.82, 2.24) is 5.32 Å². The highest BCUT2D eigenvalue weighted by atomic mass is 79.9. The first-order chi connectivity index (χ1) is 9.56. The van der Waals surface area contributed by atoms with Crippen molar-refractivity contribution < 1.29 is 9.53 Å². The predicted octanol–water partition coefficient (Wildman–Crippen LogP) is 2.77. The SMILES string of the molecule is Cc1cc(NCC(=O)NC2CCOCC2)cc(C)c1Br. The van der Waals surface area contributed by atoms with E-state index in [0.29, 0.717) is 6.54 Å². The van der Waals surface area contributed by atoms with Crippen molar-refractivity contribution in [1.29, 1.82) is 0 Å². The third-order valence-electron chi connectivity index (χ3n) is 3.48. The zero-order chi connectivity index (χ0) is 14.5. The van der Waals surface area contributed by atoms with E-state index >= 15 is 0 Å². The Bertz CT molecular complexity index is 462. The van der Waals surface area contributed by atoms with Crippen LogP contribution in [0.3, 0.4) is 0 Å². The molecule has 1 aliphatic heterocycles. The Hall–Kier alpha value is -1.07. The third kappa shape index (κ3) is 4.21. The fraction of sp³-hybridized carbons (Fsp3) is 0.533. The lowest BCUT2D eigenvalue weighted by molar-refractivity contribution is -0.120. The summed E-state index contributed by atoms with van der Waals surface area (Å²) < 4.78 is 6.40. The van der Waals surface area contributed by atoms with E-state index < -0.39 is 0 Å². The molecule has 0 unspecified atom stereocenters. The molecule has 0 radical (unpaired) electrons. The summed E-state index contributed by atoms with van der Waals surface area (Å²) in [5.41, 5.74) is 3.31. The average molecular weight is 341 g/mol. The van der Waals surface area contributed by atoms with E-state index in [4.69, 9.17) is 4.74 Å². The lowest BCUT2D eigenvalue weighted by Crippen LogP contribution is -2.41. The van der Waals surface area contributed by atoms with Crippen molar-refractivity contribution in [2.45, 2.75) is 32.7 Å². The maximum atomic E-state index is 11.9. The van der Waals surface area contributed by atoms with Gasteiger partial charge in [-0.15, -0.1) is 0 Å². The van der Waals surface area contributed by atoms with Crippen LogP contribution in [0.25, 0.3) is 0 Å². The largest absolute Gasteiger partial charge is 0.381 e. The molecule has 0 aromatic heterocycles. The molecule has 1 aromatic rings. The number of aryl methyl sites for hydroxylation is 2. The summed E-state index contributed by atoms with van der Waals surface area (Å²) in [7, 11) is 0. The molecule has 4 nitrogen and oxygen atoms in total. The van der Waals surface area contributed by atoms with Gasteiger partial charge < -0.3 is 15.4 Å².